The molecule has 1 aromatic carbocycles. The molecule has 0 fully saturated rings. The van der Waals surface area contributed by atoms with Crippen molar-refractivity contribution in [3.8, 4) is 0 Å². The van der Waals surface area contributed by atoms with Crippen molar-refractivity contribution in [3.63, 3.8) is 0 Å². The van der Waals surface area contributed by atoms with Crippen LogP contribution in [0.4, 0.5) is 11.6 Å². The summed E-state index contributed by atoms with van der Waals surface area (Å²) < 4.78 is 0. The zero-order valence-electron chi connectivity index (χ0n) is 10.5. The lowest BCUT2D eigenvalue weighted by atomic mass is 10.2. The molecule has 0 radical (unpaired) electrons. The number of hydrogen-bond donors (Lipinski definition) is 2. The van der Waals surface area contributed by atoms with Crippen LogP contribution in [0, 0.1) is 0 Å². The second-order valence-corrected chi connectivity index (χ2v) is 4.81. The summed E-state index contributed by atoms with van der Waals surface area (Å²) in [7, 11) is 1.95. The van der Waals surface area contributed by atoms with Crippen LogP contribution in [0.3, 0.4) is 0 Å². The molecule has 0 saturated heterocycles. The van der Waals surface area contributed by atoms with Gasteiger partial charge in [0.2, 0.25) is 5.28 Å². The van der Waals surface area contributed by atoms with E-state index in [0.29, 0.717) is 6.54 Å². The Hall–Kier alpha value is -1.85. The lowest BCUT2D eigenvalue weighted by Crippen LogP contribution is -2.17. The van der Waals surface area contributed by atoms with Gasteiger partial charge in [-0.3, -0.25) is 0 Å². The molecule has 0 bridgehead atoms. The monoisotopic (exact) mass is 275 g/mol. The van der Waals surface area contributed by atoms with Crippen LogP contribution in [-0.2, 0) is 13.1 Å². The summed E-state index contributed by atoms with van der Waals surface area (Å²) in [5.41, 5.74) is 5.38. The van der Waals surface area contributed by atoms with Gasteiger partial charge in [0.1, 0.15) is 5.82 Å². The SMILES string of the molecule is CN1Cc2c(NCc3ccccc3)nc(Cl)nc2N1. The van der Waals surface area contributed by atoms with E-state index >= 15 is 0 Å². The first-order valence-electron chi connectivity index (χ1n) is 6.04. The Labute approximate surface area is 116 Å². The lowest BCUT2D eigenvalue weighted by molar-refractivity contribution is 0.422. The minimum absolute atomic E-state index is 0.247. The smallest absolute Gasteiger partial charge is 0.226 e. The molecule has 1 aromatic heterocycles. The van der Waals surface area contributed by atoms with Crippen LogP contribution in [0.1, 0.15) is 11.1 Å². The van der Waals surface area contributed by atoms with Crippen molar-refractivity contribution in [1.82, 2.24) is 15.0 Å². The number of hydrogen-bond acceptors (Lipinski definition) is 5. The molecule has 0 saturated carbocycles. The summed E-state index contributed by atoms with van der Waals surface area (Å²) in [5, 5.41) is 5.52. The molecule has 0 amide bonds. The van der Waals surface area contributed by atoms with E-state index in [4.69, 9.17) is 11.6 Å². The Bertz CT molecular complexity index is 587. The van der Waals surface area contributed by atoms with E-state index in [9.17, 15) is 0 Å². The van der Waals surface area contributed by atoms with Gasteiger partial charge in [0.05, 0.1) is 12.1 Å². The van der Waals surface area contributed by atoms with Gasteiger partial charge in [-0.1, -0.05) is 30.3 Å². The van der Waals surface area contributed by atoms with Crippen LogP contribution < -0.4 is 10.7 Å². The van der Waals surface area contributed by atoms with Crippen molar-refractivity contribution in [1.29, 1.82) is 0 Å². The molecule has 2 N–H and O–H groups in total. The molecule has 1 aliphatic heterocycles. The summed E-state index contributed by atoms with van der Waals surface area (Å²) in [6.45, 7) is 1.47. The number of aromatic nitrogens is 2. The van der Waals surface area contributed by atoms with E-state index in [-0.39, 0.29) is 5.28 Å². The maximum atomic E-state index is 5.94. The number of halogens is 1. The van der Waals surface area contributed by atoms with Gasteiger partial charge in [-0.15, -0.1) is 0 Å². The highest BCUT2D eigenvalue weighted by atomic mass is 35.5. The van der Waals surface area contributed by atoms with E-state index in [1.165, 1.54) is 5.56 Å². The molecule has 0 aliphatic carbocycles. The zero-order valence-corrected chi connectivity index (χ0v) is 11.3. The molecule has 5 nitrogen and oxygen atoms in total. The lowest BCUT2D eigenvalue weighted by Gasteiger charge is -2.09. The molecule has 0 unspecified atom stereocenters. The Morgan fingerprint density at radius 3 is 2.89 bits per heavy atom. The highest BCUT2D eigenvalue weighted by Gasteiger charge is 2.21. The molecular weight excluding hydrogens is 262 g/mol. The third-order valence-electron chi connectivity index (χ3n) is 2.97. The molecule has 3 rings (SSSR count). The predicted octanol–water partition coefficient (Wildman–Crippen LogP) is 2.51. The van der Waals surface area contributed by atoms with E-state index in [1.54, 1.807) is 0 Å². The molecule has 1 aliphatic rings. The number of benzene rings is 1. The van der Waals surface area contributed by atoms with Crippen molar-refractivity contribution < 1.29 is 0 Å². The molecule has 0 atom stereocenters. The van der Waals surface area contributed by atoms with Crippen LogP contribution in [0.25, 0.3) is 0 Å². The van der Waals surface area contributed by atoms with Crippen molar-refractivity contribution in [2.24, 2.45) is 0 Å². The van der Waals surface area contributed by atoms with Gasteiger partial charge in [-0.05, 0) is 17.2 Å². The number of anilines is 2. The molecule has 0 spiro atoms. The van der Waals surface area contributed by atoms with Gasteiger partial charge in [-0.2, -0.15) is 4.98 Å². The normalized spacial score (nSPS) is 14.0. The Kier molecular flexibility index (Phi) is 3.23. The topological polar surface area (TPSA) is 53.1 Å². The number of rotatable bonds is 3. The van der Waals surface area contributed by atoms with Gasteiger partial charge in [0.25, 0.3) is 0 Å². The Morgan fingerprint density at radius 2 is 2.11 bits per heavy atom. The predicted molar refractivity (Wildman–Crippen MR) is 75.9 cm³/mol. The minimum Gasteiger partial charge on any atom is -0.366 e. The van der Waals surface area contributed by atoms with Gasteiger partial charge >= 0.3 is 0 Å². The molecule has 2 heterocycles. The fourth-order valence-corrected chi connectivity index (χ4v) is 2.25. The van der Waals surface area contributed by atoms with Crippen LogP contribution in [-0.4, -0.2) is 22.0 Å². The van der Waals surface area contributed by atoms with Crippen LogP contribution >= 0.6 is 11.6 Å². The van der Waals surface area contributed by atoms with Crippen molar-refractivity contribution in [3.05, 3.63) is 46.7 Å². The maximum absolute atomic E-state index is 5.94. The van der Waals surface area contributed by atoms with E-state index in [0.717, 1.165) is 23.7 Å². The van der Waals surface area contributed by atoms with Gasteiger partial charge in [0, 0.05) is 13.6 Å². The van der Waals surface area contributed by atoms with Crippen LogP contribution in [0.15, 0.2) is 30.3 Å². The van der Waals surface area contributed by atoms with Gasteiger partial charge in [0.15, 0.2) is 5.82 Å². The average molecular weight is 276 g/mol. The number of fused-ring (bicyclic) bond motifs is 1. The molecule has 19 heavy (non-hydrogen) atoms. The fourth-order valence-electron chi connectivity index (χ4n) is 2.08. The third kappa shape index (κ3) is 2.62. The molecule has 2 aromatic rings. The Balaban J connectivity index is 1.82. The number of nitrogens with zero attached hydrogens (tertiary/aromatic N) is 3. The molecule has 6 heteroatoms. The summed E-state index contributed by atoms with van der Waals surface area (Å²) in [6, 6.07) is 10.2. The largest absolute Gasteiger partial charge is 0.366 e. The van der Waals surface area contributed by atoms with E-state index < -0.39 is 0 Å². The van der Waals surface area contributed by atoms with Crippen LogP contribution in [0.5, 0.6) is 0 Å². The quantitative estimate of drug-likeness (QED) is 0.843. The maximum Gasteiger partial charge on any atom is 0.226 e. The van der Waals surface area contributed by atoms with Crippen LogP contribution in [0.2, 0.25) is 5.28 Å². The first kappa shape index (κ1) is 12.2. The summed E-state index contributed by atoms with van der Waals surface area (Å²) in [6.07, 6.45) is 0. The minimum atomic E-state index is 0.247. The standard InChI is InChI=1S/C13H14ClN5/c1-19-8-10-11(16-13(14)17-12(10)18-19)15-7-9-5-3-2-4-6-9/h2-6H,7-8H2,1H3,(H2,15,16,17,18). The second kappa shape index (κ2) is 5.03. The second-order valence-electron chi connectivity index (χ2n) is 4.48. The van der Waals surface area contributed by atoms with Gasteiger partial charge < -0.3 is 10.7 Å². The number of hydrazine groups is 1. The van der Waals surface area contributed by atoms with E-state index in [1.807, 2.05) is 30.3 Å². The summed E-state index contributed by atoms with van der Waals surface area (Å²) in [4.78, 5) is 8.45. The average Bonchev–Trinajstić information content (AvgIpc) is 2.77. The van der Waals surface area contributed by atoms with Gasteiger partial charge in [-0.25, -0.2) is 9.99 Å². The summed E-state index contributed by atoms with van der Waals surface area (Å²) >= 11 is 5.94. The number of nitrogens with one attached hydrogen (secondary N) is 2. The molecule has 98 valence electrons. The van der Waals surface area contributed by atoms with Crippen molar-refractivity contribution >= 4 is 23.2 Å². The van der Waals surface area contributed by atoms with E-state index in [2.05, 4.69) is 32.8 Å². The van der Waals surface area contributed by atoms with Crippen molar-refractivity contribution in [2.45, 2.75) is 13.1 Å². The first-order valence-corrected chi connectivity index (χ1v) is 6.42. The third-order valence-corrected chi connectivity index (χ3v) is 3.14. The Morgan fingerprint density at radius 1 is 1.32 bits per heavy atom. The highest BCUT2D eigenvalue weighted by molar-refractivity contribution is 6.28. The molecular formula is C13H14ClN5. The van der Waals surface area contributed by atoms with Crippen molar-refractivity contribution in [2.75, 3.05) is 17.8 Å². The fraction of sp³-hybridized carbons (Fsp3) is 0.231. The highest BCUT2D eigenvalue weighted by Crippen LogP contribution is 2.29. The summed E-state index contributed by atoms with van der Waals surface area (Å²) in [5.74, 6) is 1.56. The first-order chi connectivity index (χ1) is 9.22. The zero-order chi connectivity index (χ0) is 13.2.